The van der Waals surface area contributed by atoms with E-state index in [0.29, 0.717) is 22.6 Å². The largest absolute Gasteiger partial charge is 0.507 e. The summed E-state index contributed by atoms with van der Waals surface area (Å²) in [6.07, 6.45) is 3.28. The zero-order valence-electron chi connectivity index (χ0n) is 17.3. The lowest BCUT2D eigenvalue weighted by Gasteiger charge is -2.07. The van der Waals surface area contributed by atoms with E-state index >= 15 is 0 Å². The molecular formula is C23H21N3O5S. The van der Waals surface area contributed by atoms with E-state index in [4.69, 9.17) is 5.11 Å². The molecule has 9 heteroatoms. The van der Waals surface area contributed by atoms with Gasteiger partial charge in [-0.05, 0) is 48.5 Å². The van der Waals surface area contributed by atoms with Gasteiger partial charge < -0.3 is 15.3 Å². The lowest BCUT2D eigenvalue weighted by molar-refractivity contribution is 0.0697. The summed E-state index contributed by atoms with van der Waals surface area (Å²) in [7, 11) is -0.611. The molecule has 0 bridgehead atoms. The average Bonchev–Trinajstić information content (AvgIpc) is 3.19. The molecule has 164 valence electrons. The average molecular weight is 452 g/mol. The van der Waals surface area contributed by atoms with E-state index in [1.54, 1.807) is 67.1 Å². The van der Waals surface area contributed by atoms with Crippen LogP contribution in [-0.4, -0.2) is 52.8 Å². The predicted octanol–water partition coefficient (Wildman–Crippen LogP) is 3.71. The quantitative estimate of drug-likeness (QED) is 0.432. The van der Waals surface area contributed by atoms with Crippen molar-refractivity contribution in [1.82, 2.24) is 14.8 Å². The monoisotopic (exact) mass is 451 g/mol. The Labute approximate surface area is 186 Å². The maximum atomic E-state index is 11.1. The lowest BCUT2D eigenvalue weighted by Crippen LogP contribution is -2.02. The lowest BCUT2D eigenvalue weighted by atomic mass is 10.1. The number of phenolic OH excluding ortho intramolecular Hbond substituents is 2. The summed E-state index contributed by atoms with van der Waals surface area (Å²) in [4.78, 5) is 15.6. The van der Waals surface area contributed by atoms with Crippen molar-refractivity contribution in [2.45, 2.75) is 0 Å². The van der Waals surface area contributed by atoms with Gasteiger partial charge in [0, 0.05) is 23.3 Å². The Bertz CT molecular complexity index is 1260. The molecule has 0 aliphatic heterocycles. The van der Waals surface area contributed by atoms with E-state index in [2.05, 4.69) is 10.1 Å². The number of phenols is 2. The highest BCUT2D eigenvalue weighted by Gasteiger charge is 2.19. The minimum Gasteiger partial charge on any atom is -0.507 e. The number of rotatable bonds is 4. The molecule has 4 rings (SSSR count). The zero-order chi connectivity index (χ0) is 23.3. The zero-order valence-corrected chi connectivity index (χ0v) is 18.2. The van der Waals surface area contributed by atoms with Crippen LogP contribution in [0.1, 0.15) is 10.4 Å². The van der Waals surface area contributed by atoms with Crippen LogP contribution in [0, 0.1) is 0 Å². The molecule has 1 aromatic heterocycles. The minimum absolute atomic E-state index is 0.0298. The van der Waals surface area contributed by atoms with Crippen molar-refractivity contribution in [2.75, 3.05) is 12.5 Å². The van der Waals surface area contributed by atoms with Gasteiger partial charge in [-0.15, -0.1) is 5.10 Å². The fraction of sp³-hybridized carbons (Fsp3) is 0.0870. The van der Waals surface area contributed by atoms with E-state index in [9.17, 15) is 19.2 Å². The molecular weight excluding hydrogens is 430 g/mol. The number of hydrogen-bond donors (Lipinski definition) is 3. The van der Waals surface area contributed by atoms with Crippen molar-refractivity contribution >= 4 is 16.8 Å². The molecule has 8 nitrogen and oxygen atoms in total. The summed E-state index contributed by atoms with van der Waals surface area (Å²) in [5.41, 5.74) is 1.62. The molecule has 0 atom stereocenters. The third-order valence-corrected chi connectivity index (χ3v) is 4.26. The summed E-state index contributed by atoms with van der Waals surface area (Å²) in [6.45, 7) is 0. The SMILES string of the molecule is CS(C)=O.O=C(O)c1ccc(-n2nc(-c3ccccc3O)nc2-c2ccccc2O)cc1. The van der Waals surface area contributed by atoms with Gasteiger partial charge in [-0.3, -0.25) is 4.21 Å². The number of aromatic carboxylic acids is 1. The first-order valence-electron chi connectivity index (χ1n) is 9.40. The normalized spacial score (nSPS) is 10.5. The number of carbonyl (C=O) groups is 1. The predicted molar refractivity (Wildman–Crippen MR) is 123 cm³/mol. The maximum Gasteiger partial charge on any atom is 0.335 e. The van der Waals surface area contributed by atoms with Gasteiger partial charge in [-0.2, -0.15) is 0 Å². The van der Waals surface area contributed by atoms with E-state index in [0.717, 1.165) is 0 Å². The second-order valence-corrected chi connectivity index (χ2v) is 8.28. The van der Waals surface area contributed by atoms with Crippen LogP contribution in [-0.2, 0) is 10.8 Å². The molecule has 1 heterocycles. The third-order valence-electron chi connectivity index (χ3n) is 4.26. The highest BCUT2D eigenvalue weighted by atomic mass is 32.2. The van der Waals surface area contributed by atoms with Crippen LogP contribution < -0.4 is 0 Å². The van der Waals surface area contributed by atoms with E-state index < -0.39 is 16.8 Å². The molecule has 0 amide bonds. The molecule has 0 fully saturated rings. The molecule has 0 aliphatic rings. The van der Waals surface area contributed by atoms with Crippen LogP contribution >= 0.6 is 0 Å². The molecule has 0 radical (unpaired) electrons. The Balaban J connectivity index is 0.000000668. The number of hydrogen-bond acceptors (Lipinski definition) is 6. The molecule has 3 aromatic carbocycles. The maximum absolute atomic E-state index is 11.1. The summed E-state index contributed by atoms with van der Waals surface area (Å²) < 4.78 is 11.1. The van der Waals surface area contributed by atoms with Gasteiger partial charge in [0.2, 0.25) is 0 Å². The minimum atomic E-state index is -1.03. The number of carboxylic acid groups (broad SMARTS) is 1. The van der Waals surface area contributed by atoms with Gasteiger partial charge in [0.25, 0.3) is 0 Å². The van der Waals surface area contributed by atoms with Crippen LogP contribution in [0.15, 0.2) is 72.8 Å². The number of nitrogens with zero attached hydrogens (tertiary/aromatic N) is 3. The van der Waals surface area contributed by atoms with Gasteiger partial charge in [0.1, 0.15) is 11.5 Å². The van der Waals surface area contributed by atoms with Crippen molar-refractivity contribution < 1.29 is 24.3 Å². The van der Waals surface area contributed by atoms with E-state index in [-0.39, 0.29) is 22.9 Å². The molecule has 0 saturated carbocycles. The first-order valence-corrected chi connectivity index (χ1v) is 11.4. The van der Waals surface area contributed by atoms with Crippen LogP contribution in [0.4, 0.5) is 0 Å². The molecule has 0 unspecified atom stereocenters. The highest BCUT2D eigenvalue weighted by Crippen LogP contribution is 2.33. The fourth-order valence-corrected chi connectivity index (χ4v) is 2.85. The molecule has 0 saturated heterocycles. The molecule has 3 N–H and O–H groups in total. The number of aromatic nitrogens is 3. The molecule has 4 aromatic rings. The molecule has 32 heavy (non-hydrogen) atoms. The Morgan fingerprint density at radius 3 is 1.84 bits per heavy atom. The van der Waals surface area contributed by atoms with Gasteiger partial charge in [0.15, 0.2) is 11.6 Å². The number of aromatic hydroxyl groups is 2. The van der Waals surface area contributed by atoms with Crippen LogP contribution in [0.25, 0.3) is 28.5 Å². The van der Waals surface area contributed by atoms with Gasteiger partial charge in [0.05, 0.1) is 22.4 Å². The number of benzene rings is 3. The highest BCUT2D eigenvalue weighted by molar-refractivity contribution is 7.83. The Hall–Kier alpha value is -3.98. The fourth-order valence-electron chi connectivity index (χ4n) is 2.85. The van der Waals surface area contributed by atoms with Crippen LogP contribution in [0.3, 0.4) is 0 Å². The van der Waals surface area contributed by atoms with Gasteiger partial charge in [-0.25, -0.2) is 14.5 Å². The van der Waals surface area contributed by atoms with Gasteiger partial charge >= 0.3 is 5.97 Å². The van der Waals surface area contributed by atoms with Crippen molar-refractivity contribution in [3.8, 4) is 40.0 Å². The summed E-state index contributed by atoms with van der Waals surface area (Å²) in [5, 5.41) is 34.0. The van der Waals surface area contributed by atoms with Crippen molar-refractivity contribution in [3.63, 3.8) is 0 Å². The van der Waals surface area contributed by atoms with Crippen LogP contribution in [0.5, 0.6) is 11.5 Å². The first kappa shape index (κ1) is 22.7. The molecule has 0 aliphatic carbocycles. The first-order chi connectivity index (χ1) is 15.3. The number of para-hydroxylation sites is 2. The van der Waals surface area contributed by atoms with E-state index in [1.807, 2.05) is 0 Å². The summed E-state index contributed by atoms with van der Waals surface area (Å²) >= 11 is 0. The Morgan fingerprint density at radius 1 is 0.844 bits per heavy atom. The van der Waals surface area contributed by atoms with Crippen LogP contribution in [0.2, 0.25) is 0 Å². The Morgan fingerprint density at radius 2 is 1.34 bits per heavy atom. The third kappa shape index (κ3) is 5.19. The topological polar surface area (TPSA) is 126 Å². The number of carboxylic acids is 1. The summed E-state index contributed by atoms with van der Waals surface area (Å²) in [5.74, 6) is -0.328. The van der Waals surface area contributed by atoms with E-state index in [1.165, 1.54) is 22.9 Å². The van der Waals surface area contributed by atoms with Crippen molar-refractivity contribution in [2.24, 2.45) is 0 Å². The standard InChI is InChI=1S/C21H15N3O4.C2H6OS/c25-17-7-3-1-5-15(17)19-22-20(16-6-2-4-8-18(16)26)24(23-19)14-11-9-13(10-12-14)21(27)28;1-4(2)3/h1-12,25-26H,(H,27,28);1-2H3. The smallest absolute Gasteiger partial charge is 0.335 e. The second kappa shape index (κ2) is 9.88. The molecule has 0 spiro atoms. The Kier molecular flexibility index (Phi) is 7.01. The van der Waals surface area contributed by atoms with Crippen molar-refractivity contribution in [3.05, 3.63) is 78.4 Å². The second-order valence-electron chi connectivity index (χ2n) is 6.80. The van der Waals surface area contributed by atoms with Crippen molar-refractivity contribution in [1.29, 1.82) is 0 Å². The summed E-state index contributed by atoms with van der Waals surface area (Å²) in [6, 6.07) is 19.5. The van der Waals surface area contributed by atoms with Gasteiger partial charge in [-0.1, -0.05) is 24.3 Å².